The Labute approximate surface area is 85.1 Å². The number of hydrogen-bond donors (Lipinski definition) is 1. The molecule has 2 rings (SSSR count). The first-order valence-corrected chi connectivity index (χ1v) is 5.69. The first-order valence-electron chi connectivity index (χ1n) is 5.69. The molecule has 0 bridgehead atoms. The second-order valence-corrected chi connectivity index (χ2v) is 4.65. The Morgan fingerprint density at radius 3 is 2.43 bits per heavy atom. The van der Waals surface area contributed by atoms with Crippen LogP contribution in [0.2, 0.25) is 0 Å². The molecule has 2 saturated carbocycles. The molecule has 0 spiro atoms. The van der Waals surface area contributed by atoms with E-state index < -0.39 is 5.97 Å². The number of hydrogen-bond acceptors (Lipinski definition) is 2. The zero-order chi connectivity index (χ0) is 10.1. The van der Waals surface area contributed by atoms with Crippen LogP contribution in [-0.2, 0) is 4.79 Å². The lowest BCUT2D eigenvalue weighted by atomic mass is 10.1. The van der Waals surface area contributed by atoms with Crippen LogP contribution in [0.5, 0.6) is 0 Å². The lowest BCUT2D eigenvalue weighted by Crippen LogP contribution is -2.43. The zero-order valence-corrected chi connectivity index (χ0v) is 8.78. The molecule has 1 N–H and O–H groups in total. The summed E-state index contributed by atoms with van der Waals surface area (Å²) in [5.74, 6) is 0.608. The van der Waals surface area contributed by atoms with Gasteiger partial charge in [0.25, 0.3) is 0 Å². The van der Waals surface area contributed by atoms with Gasteiger partial charge in [-0.05, 0) is 44.1 Å². The van der Waals surface area contributed by atoms with Crippen molar-refractivity contribution in [3.05, 3.63) is 0 Å². The molecule has 2 fully saturated rings. The van der Waals surface area contributed by atoms with Crippen LogP contribution in [0.1, 0.15) is 32.6 Å². The molecule has 0 heterocycles. The molecule has 0 aromatic heterocycles. The molecule has 0 saturated heterocycles. The van der Waals surface area contributed by atoms with E-state index in [1.54, 1.807) is 0 Å². The molecule has 0 aliphatic heterocycles. The zero-order valence-electron chi connectivity index (χ0n) is 8.78. The van der Waals surface area contributed by atoms with E-state index in [2.05, 4.69) is 11.8 Å². The SMILES string of the molecule is CCN(CC1CC1)C(C(=O)O)C1CC1. The van der Waals surface area contributed by atoms with Crippen LogP contribution in [-0.4, -0.2) is 35.1 Å². The lowest BCUT2D eigenvalue weighted by molar-refractivity contribution is -0.144. The summed E-state index contributed by atoms with van der Waals surface area (Å²) in [6, 6.07) is -0.194. The van der Waals surface area contributed by atoms with Gasteiger partial charge in [-0.1, -0.05) is 6.92 Å². The van der Waals surface area contributed by atoms with Gasteiger partial charge in [-0.2, -0.15) is 0 Å². The van der Waals surface area contributed by atoms with Crippen molar-refractivity contribution in [1.29, 1.82) is 0 Å². The highest BCUT2D eigenvalue weighted by atomic mass is 16.4. The standard InChI is InChI=1S/C11H19NO2/c1-2-12(7-8-3-4-8)10(11(13)14)9-5-6-9/h8-10H,2-7H2,1H3,(H,13,14). The normalized spacial score (nSPS) is 23.9. The highest BCUT2D eigenvalue weighted by Crippen LogP contribution is 2.37. The van der Waals surface area contributed by atoms with E-state index >= 15 is 0 Å². The van der Waals surface area contributed by atoms with Gasteiger partial charge in [0.2, 0.25) is 0 Å². The average molecular weight is 197 g/mol. The molecule has 0 aromatic carbocycles. The van der Waals surface area contributed by atoms with Gasteiger partial charge in [0.1, 0.15) is 6.04 Å². The van der Waals surface area contributed by atoms with Gasteiger partial charge < -0.3 is 5.11 Å². The Morgan fingerprint density at radius 1 is 1.43 bits per heavy atom. The highest BCUT2D eigenvalue weighted by Gasteiger charge is 2.41. The quantitative estimate of drug-likeness (QED) is 0.703. The summed E-state index contributed by atoms with van der Waals surface area (Å²) >= 11 is 0. The van der Waals surface area contributed by atoms with Crippen molar-refractivity contribution >= 4 is 5.97 Å². The van der Waals surface area contributed by atoms with Crippen molar-refractivity contribution in [1.82, 2.24) is 4.90 Å². The summed E-state index contributed by atoms with van der Waals surface area (Å²) in [4.78, 5) is 13.3. The largest absolute Gasteiger partial charge is 0.480 e. The smallest absolute Gasteiger partial charge is 0.321 e. The number of nitrogens with zero attached hydrogens (tertiary/aromatic N) is 1. The van der Waals surface area contributed by atoms with Gasteiger partial charge >= 0.3 is 5.97 Å². The van der Waals surface area contributed by atoms with Crippen LogP contribution in [0.15, 0.2) is 0 Å². The molecule has 0 amide bonds. The second-order valence-electron chi connectivity index (χ2n) is 4.65. The Morgan fingerprint density at radius 2 is 2.07 bits per heavy atom. The fraction of sp³-hybridized carbons (Fsp3) is 0.909. The van der Waals surface area contributed by atoms with E-state index in [4.69, 9.17) is 0 Å². The molecule has 1 unspecified atom stereocenters. The van der Waals surface area contributed by atoms with Crippen molar-refractivity contribution in [2.24, 2.45) is 11.8 Å². The topological polar surface area (TPSA) is 40.5 Å². The van der Waals surface area contributed by atoms with Crippen LogP contribution in [0, 0.1) is 11.8 Å². The van der Waals surface area contributed by atoms with Gasteiger partial charge in [-0.15, -0.1) is 0 Å². The van der Waals surface area contributed by atoms with Gasteiger partial charge in [0.15, 0.2) is 0 Å². The molecule has 0 aromatic rings. The third-order valence-corrected chi connectivity index (χ3v) is 3.31. The van der Waals surface area contributed by atoms with E-state index in [9.17, 15) is 9.90 Å². The molecular formula is C11H19NO2. The summed E-state index contributed by atoms with van der Waals surface area (Å²) in [5.41, 5.74) is 0. The van der Waals surface area contributed by atoms with E-state index in [1.807, 2.05) is 0 Å². The molecular weight excluding hydrogens is 178 g/mol. The Kier molecular flexibility index (Phi) is 2.77. The molecule has 3 heteroatoms. The number of carboxylic acid groups (broad SMARTS) is 1. The van der Waals surface area contributed by atoms with Gasteiger partial charge in [-0.3, -0.25) is 9.69 Å². The number of aliphatic carboxylic acids is 1. The first kappa shape index (κ1) is 9.97. The second kappa shape index (κ2) is 3.89. The van der Waals surface area contributed by atoms with Crippen molar-refractivity contribution in [2.75, 3.05) is 13.1 Å². The molecule has 1 atom stereocenters. The molecule has 3 nitrogen and oxygen atoms in total. The number of likely N-dealkylation sites (N-methyl/N-ethyl adjacent to an activating group) is 1. The summed E-state index contributed by atoms with van der Waals surface area (Å²) in [6.45, 7) is 3.95. The third kappa shape index (κ3) is 2.27. The summed E-state index contributed by atoms with van der Waals surface area (Å²) in [7, 11) is 0. The summed E-state index contributed by atoms with van der Waals surface area (Å²) in [5, 5.41) is 9.18. The molecule has 14 heavy (non-hydrogen) atoms. The van der Waals surface area contributed by atoms with Crippen LogP contribution in [0.3, 0.4) is 0 Å². The average Bonchev–Trinajstić information content (AvgIpc) is 2.96. The summed E-state index contributed by atoms with van der Waals surface area (Å²) < 4.78 is 0. The predicted octanol–water partition coefficient (Wildman–Crippen LogP) is 1.58. The van der Waals surface area contributed by atoms with Gasteiger partial charge in [0, 0.05) is 6.54 Å². The van der Waals surface area contributed by atoms with Gasteiger partial charge in [0.05, 0.1) is 0 Å². The predicted molar refractivity (Wildman–Crippen MR) is 54.1 cm³/mol. The van der Waals surface area contributed by atoms with Crippen LogP contribution in [0.4, 0.5) is 0 Å². The van der Waals surface area contributed by atoms with Crippen molar-refractivity contribution in [3.63, 3.8) is 0 Å². The van der Waals surface area contributed by atoms with Crippen LogP contribution >= 0.6 is 0 Å². The van der Waals surface area contributed by atoms with Gasteiger partial charge in [-0.25, -0.2) is 0 Å². The number of rotatable bonds is 6. The van der Waals surface area contributed by atoms with E-state index in [1.165, 1.54) is 12.8 Å². The first-order chi connectivity index (χ1) is 6.72. The lowest BCUT2D eigenvalue weighted by Gasteiger charge is -2.27. The molecule has 0 radical (unpaired) electrons. The van der Waals surface area contributed by atoms with Crippen LogP contribution in [0.25, 0.3) is 0 Å². The monoisotopic (exact) mass is 197 g/mol. The maximum Gasteiger partial charge on any atom is 0.321 e. The molecule has 80 valence electrons. The Balaban J connectivity index is 1.93. The van der Waals surface area contributed by atoms with Crippen LogP contribution < -0.4 is 0 Å². The maximum absolute atomic E-state index is 11.1. The molecule has 2 aliphatic carbocycles. The van der Waals surface area contributed by atoms with Crippen molar-refractivity contribution in [3.8, 4) is 0 Å². The maximum atomic E-state index is 11.1. The molecule has 2 aliphatic rings. The fourth-order valence-corrected chi connectivity index (χ4v) is 2.14. The van der Waals surface area contributed by atoms with E-state index in [0.717, 1.165) is 31.8 Å². The fourth-order valence-electron chi connectivity index (χ4n) is 2.14. The minimum Gasteiger partial charge on any atom is -0.480 e. The third-order valence-electron chi connectivity index (χ3n) is 3.31. The minimum absolute atomic E-state index is 0.194. The Hall–Kier alpha value is -0.570. The number of carbonyl (C=O) groups is 1. The minimum atomic E-state index is -0.616. The number of carboxylic acids is 1. The highest BCUT2D eigenvalue weighted by molar-refractivity contribution is 5.74. The van der Waals surface area contributed by atoms with E-state index in [0.29, 0.717) is 5.92 Å². The summed E-state index contributed by atoms with van der Waals surface area (Å²) in [6.07, 6.45) is 4.82. The van der Waals surface area contributed by atoms with E-state index in [-0.39, 0.29) is 6.04 Å². The van der Waals surface area contributed by atoms with Crippen molar-refractivity contribution in [2.45, 2.75) is 38.6 Å². The van der Waals surface area contributed by atoms with Crippen molar-refractivity contribution < 1.29 is 9.90 Å². The Bertz CT molecular complexity index is 221.